The molecule has 0 aromatic carbocycles. The van der Waals surface area contributed by atoms with Crippen molar-refractivity contribution in [2.45, 2.75) is 91.6 Å². The summed E-state index contributed by atoms with van der Waals surface area (Å²) in [5, 5.41) is 0. The van der Waals surface area contributed by atoms with Crippen molar-refractivity contribution in [3.8, 4) is 0 Å². The normalized spacial score (nSPS) is 29.3. The molecule has 1 spiro atoms. The van der Waals surface area contributed by atoms with Crippen LogP contribution in [-0.2, 0) is 0 Å². The highest BCUT2D eigenvalue weighted by Crippen LogP contribution is 2.55. The molecule has 1 aliphatic carbocycles. The van der Waals surface area contributed by atoms with Crippen molar-refractivity contribution >= 4 is 0 Å². The zero-order chi connectivity index (χ0) is 13.6. The SMILES string of the molecule is CC(C)(C)CC1N(C(C)(C)C)CCCC12CCC2. The van der Waals surface area contributed by atoms with Crippen molar-refractivity contribution < 1.29 is 0 Å². The molecular formula is C17H33N. The highest BCUT2D eigenvalue weighted by Gasteiger charge is 2.51. The van der Waals surface area contributed by atoms with Crippen LogP contribution in [0.1, 0.15) is 80.1 Å². The lowest BCUT2D eigenvalue weighted by Gasteiger charge is -2.60. The van der Waals surface area contributed by atoms with Crippen molar-refractivity contribution in [3.05, 3.63) is 0 Å². The van der Waals surface area contributed by atoms with E-state index < -0.39 is 0 Å². The maximum absolute atomic E-state index is 2.83. The van der Waals surface area contributed by atoms with Crippen LogP contribution in [0.3, 0.4) is 0 Å². The van der Waals surface area contributed by atoms with Gasteiger partial charge in [0.1, 0.15) is 0 Å². The van der Waals surface area contributed by atoms with E-state index in [2.05, 4.69) is 46.4 Å². The smallest absolute Gasteiger partial charge is 0.0162 e. The molecule has 2 rings (SSSR count). The van der Waals surface area contributed by atoms with Crippen LogP contribution in [0.5, 0.6) is 0 Å². The van der Waals surface area contributed by atoms with E-state index in [9.17, 15) is 0 Å². The summed E-state index contributed by atoms with van der Waals surface area (Å²) in [7, 11) is 0. The van der Waals surface area contributed by atoms with Gasteiger partial charge in [0.25, 0.3) is 0 Å². The lowest BCUT2D eigenvalue weighted by Crippen LogP contribution is -2.61. The summed E-state index contributed by atoms with van der Waals surface area (Å²) < 4.78 is 0. The van der Waals surface area contributed by atoms with Crippen LogP contribution in [-0.4, -0.2) is 23.0 Å². The Morgan fingerprint density at radius 2 is 1.50 bits per heavy atom. The molecule has 0 radical (unpaired) electrons. The summed E-state index contributed by atoms with van der Waals surface area (Å²) in [4.78, 5) is 2.83. The molecule has 2 aliphatic rings. The predicted molar refractivity (Wildman–Crippen MR) is 79.8 cm³/mol. The molecule has 1 heterocycles. The van der Waals surface area contributed by atoms with Crippen LogP contribution < -0.4 is 0 Å². The van der Waals surface area contributed by atoms with Gasteiger partial charge in [0.15, 0.2) is 0 Å². The molecule has 1 unspecified atom stereocenters. The Bertz CT molecular complexity index is 288. The predicted octanol–water partition coefficient (Wildman–Crippen LogP) is 4.86. The first-order chi connectivity index (χ1) is 8.14. The third kappa shape index (κ3) is 2.76. The van der Waals surface area contributed by atoms with Gasteiger partial charge in [0, 0.05) is 11.6 Å². The van der Waals surface area contributed by atoms with E-state index in [1.54, 1.807) is 0 Å². The highest BCUT2D eigenvalue weighted by molar-refractivity contribution is 5.04. The van der Waals surface area contributed by atoms with Crippen molar-refractivity contribution in [1.82, 2.24) is 4.90 Å². The van der Waals surface area contributed by atoms with Gasteiger partial charge in [-0.15, -0.1) is 0 Å². The van der Waals surface area contributed by atoms with Crippen LogP contribution in [0.25, 0.3) is 0 Å². The maximum Gasteiger partial charge on any atom is 0.0162 e. The lowest BCUT2D eigenvalue weighted by atomic mass is 9.57. The van der Waals surface area contributed by atoms with Crippen LogP contribution in [0, 0.1) is 10.8 Å². The van der Waals surface area contributed by atoms with Gasteiger partial charge in [-0.1, -0.05) is 27.2 Å². The Morgan fingerprint density at radius 1 is 0.944 bits per heavy atom. The van der Waals surface area contributed by atoms with E-state index in [0.717, 1.165) is 6.04 Å². The van der Waals surface area contributed by atoms with E-state index in [1.165, 1.54) is 45.1 Å². The summed E-state index contributed by atoms with van der Waals surface area (Å²) in [5.41, 5.74) is 1.46. The van der Waals surface area contributed by atoms with E-state index in [1.807, 2.05) is 0 Å². The minimum absolute atomic E-state index is 0.332. The number of hydrogen-bond donors (Lipinski definition) is 0. The van der Waals surface area contributed by atoms with E-state index in [-0.39, 0.29) is 0 Å². The molecule has 1 nitrogen and oxygen atoms in total. The fourth-order valence-electron chi connectivity index (χ4n) is 4.18. The second-order valence-corrected chi connectivity index (χ2v) is 8.96. The van der Waals surface area contributed by atoms with Gasteiger partial charge in [-0.05, 0) is 70.3 Å². The fraction of sp³-hybridized carbons (Fsp3) is 1.00. The fourth-order valence-corrected chi connectivity index (χ4v) is 4.18. The Balaban J connectivity index is 2.23. The van der Waals surface area contributed by atoms with Gasteiger partial charge in [-0.3, -0.25) is 4.90 Å². The van der Waals surface area contributed by atoms with E-state index >= 15 is 0 Å². The van der Waals surface area contributed by atoms with E-state index in [4.69, 9.17) is 0 Å². The molecule has 2 fully saturated rings. The monoisotopic (exact) mass is 251 g/mol. The van der Waals surface area contributed by atoms with Gasteiger partial charge in [-0.2, -0.15) is 0 Å². The third-order valence-corrected chi connectivity index (χ3v) is 5.17. The molecule has 0 N–H and O–H groups in total. The summed E-state index contributed by atoms with van der Waals surface area (Å²) in [6, 6.07) is 0.819. The summed E-state index contributed by atoms with van der Waals surface area (Å²) >= 11 is 0. The van der Waals surface area contributed by atoms with Crippen molar-refractivity contribution in [2.24, 2.45) is 10.8 Å². The molecule has 1 atom stereocenters. The van der Waals surface area contributed by atoms with E-state index in [0.29, 0.717) is 16.4 Å². The Hall–Kier alpha value is -0.0400. The average Bonchev–Trinajstić information content (AvgIpc) is 2.11. The molecule has 106 valence electrons. The minimum atomic E-state index is 0.332. The molecule has 0 bridgehead atoms. The molecule has 1 heteroatoms. The first-order valence-corrected chi connectivity index (χ1v) is 7.91. The second-order valence-electron chi connectivity index (χ2n) is 8.96. The summed E-state index contributed by atoms with van der Waals surface area (Å²) in [5.74, 6) is 0. The second kappa shape index (κ2) is 4.51. The Morgan fingerprint density at radius 3 is 1.89 bits per heavy atom. The summed E-state index contributed by atoms with van der Waals surface area (Å²) in [6.07, 6.45) is 8.71. The molecule has 0 aromatic heterocycles. The summed E-state index contributed by atoms with van der Waals surface area (Å²) in [6.45, 7) is 15.8. The zero-order valence-corrected chi connectivity index (χ0v) is 13.5. The van der Waals surface area contributed by atoms with Gasteiger partial charge in [-0.25, -0.2) is 0 Å². The van der Waals surface area contributed by atoms with Gasteiger partial charge < -0.3 is 0 Å². The first kappa shape index (κ1) is 14.4. The molecule has 18 heavy (non-hydrogen) atoms. The molecule has 0 aromatic rings. The quantitative estimate of drug-likeness (QED) is 0.643. The maximum atomic E-state index is 2.83. The average molecular weight is 251 g/mol. The van der Waals surface area contributed by atoms with Crippen LogP contribution in [0.4, 0.5) is 0 Å². The third-order valence-electron chi connectivity index (χ3n) is 5.17. The lowest BCUT2D eigenvalue weighted by molar-refractivity contribution is -0.0943. The standard InChI is InChI=1S/C17H33N/c1-15(2,3)13-14-17(9-7-10-17)11-8-12-18(14)16(4,5)6/h14H,7-13H2,1-6H3. The Labute approximate surface area is 114 Å². The number of hydrogen-bond acceptors (Lipinski definition) is 1. The van der Waals surface area contributed by atoms with Crippen molar-refractivity contribution in [2.75, 3.05) is 6.54 Å². The Kier molecular flexibility index (Phi) is 3.60. The van der Waals surface area contributed by atoms with Crippen molar-refractivity contribution in [3.63, 3.8) is 0 Å². The number of nitrogens with zero attached hydrogens (tertiary/aromatic N) is 1. The topological polar surface area (TPSA) is 3.24 Å². The first-order valence-electron chi connectivity index (χ1n) is 7.91. The molecule has 1 aliphatic heterocycles. The van der Waals surface area contributed by atoms with Gasteiger partial charge in [0.2, 0.25) is 0 Å². The van der Waals surface area contributed by atoms with Crippen molar-refractivity contribution in [1.29, 1.82) is 0 Å². The zero-order valence-electron chi connectivity index (χ0n) is 13.5. The van der Waals surface area contributed by atoms with Gasteiger partial charge >= 0.3 is 0 Å². The molecule has 1 saturated heterocycles. The minimum Gasteiger partial charge on any atom is -0.295 e. The van der Waals surface area contributed by atoms with Gasteiger partial charge in [0.05, 0.1) is 0 Å². The molecule has 0 amide bonds. The van der Waals surface area contributed by atoms with Crippen LogP contribution in [0.15, 0.2) is 0 Å². The largest absolute Gasteiger partial charge is 0.295 e. The molecular weight excluding hydrogens is 218 g/mol. The molecule has 1 saturated carbocycles. The number of piperidine rings is 1. The number of likely N-dealkylation sites (tertiary alicyclic amines) is 1. The van der Waals surface area contributed by atoms with Crippen LogP contribution >= 0.6 is 0 Å². The highest BCUT2D eigenvalue weighted by atomic mass is 15.2. The number of rotatable bonds is 1. The van der Waals surface area contributed by atoms with Crippen LogP contribution in [0.2, 0.25) is 0 Å².